The maximum absolute atomic E-state index is 13.3. The maximum Gasteiger partial charge on any atom is 0.315 e. The Labute approximate surface area is 128 Å². The van der Waals surface area contributed by atoms with Gasteiger partial charge in [-0.05, 0) is 38.5 Å². The first-order valence-electron chi connectivity index (χ1n) is 7.32. The number of urea groups is 1. The fourth-order valence-corrected chi connectivity index (χ4v) is 2.39. The van der Waals surface area contributed by atoms with Gasteiger partial charge in [0, 0.05) is 10.9 Å². The van der Waals surface area contributed by atoms with E-state index in [0.717, 1.165) is 5.56 Å². The van der Waals surface area contributed by atoms with Crippen molar-refractivity contribution in [2.45, 2.75) is 39.3 Å². The van der Waals surface area contributed by atoms with E-state index in [-0.39, 0.29) is 30.5 Å². The molecule has 2 rings (SSSR count). The van der Waals surface area contributed by atoms with Crippen LogP contribution in [-0.4, -0.2) is 23.8 Å². The van der Waals surface area contributed by atoms with E-state index in [4.69, 9.17) is 9.52 Å². The topological polar surface area (TPSA) is 74.5 Å². The Morgan fingerprint density at radius 3 is 2.77 bits per heavy atom. The number of aliphatic hydroxyl groups is 1. The zero-order valence-corrected chi connectivity index (χ0v) is 12.9. The van der Waals surface area contributed by atoms with Gasteiger partial charge in [-0.25, -0.2) is 9.18 Å². The molecule has 2 unspecified atom stereocenters. The molecule has 0 bridgehead atoms. The molecule has 1 aromatic carbocycles. The monoisotopic (exact) mass is 308 g/mol. The van der Waals surface area contributed by atoms with Gasteiger partial charge in [-0.2, -0.15) is 0 Å². The first-order chi connectivity index (χ1) is 10.5. The van der Waals surface area contributed by atoms with E-state index in [0.29, 0.717) is 23.2 Å². The van der Waals surface area contributed by atoms with Gasteiger partial charge >= 0.3 is 6.03 Å². The molecular weight excluding hydrogens is 287 g/mol. The molecule has 2 amide bonds. The Bertz CT molecular complexity index is 665. The van der Waals surface area contributed by atoms with Crippen LogP contribution in [0.1, 0.15) is 37.6 Å². The van der Waals surface area contributed by atoms with Crippen molar-refractivity contribution < 1.29 is 18.7 Å². The molecule has 0 aliphatic heterocycles. The average molecular weight is 308 g/mol. The highest BCUT2D eigenvalue weighted by atomic mass is 19.1. The standard InChI is InChI=1S/C16H21FN2O3/c1-4-12(8-20)19-16(21)18-10(3)15-9(2)13-7-11(17)5-6-14(13)22-15/h5-7,10,12,20H,4,8H2,1-3H3,(H2,18,19,21). The lowest BCUT2D eigenvalue weighted by molar-refractivity contribution is 0.211. The molecule has 2 aromatic rings. The van der Waals surface area contributed by atoms with E-state index < -0.39 is 0 Å². The fourth-order valence-electron chi connectivity index (χ4n) is 2.39. The number of rotatable bonds is 5. The van der Waals surface area contributed by atoms with Crippen LogP contribution < -0.4 is 10.6 Å². The predicted molar refractivity (Wildman–Crippen MR) is 82.2 cm³/mol. The second-order valence-electron chi connectivity index (χ2n) is 5.36. The van der Waals surface area contributed by atoms with Crippen LogP contribution in [0.15, 0.2) is 22.6 Å². The molecule has 120 valence electrons. The van der Waals surface area contributed by atoms with Gasteiger partial charge in [-0.15, -0.1) is 0 Å². The molecule has 6 heteroatoms. The summed E-state index contributed by atoms with van der Waals surface area (Å²) >= 11 is 0. The molecule has 0 aliphatic rings. The third-order valence-corrected chi connectivity index (χ3v) is 3.72. The van der Waals surface area contributed by atoms with Gasteiger partial charge in [-0.3, -0.25) is 0 Å². The van der Waals surface area contributed by atoms with Crippen LogP contribution in [-0.2, 0) is 0 Å². The molecule has 0 aliphatic carbocycles. The molecule has 5 nitrogen and oxygen atoms in total. The molecule has 0 saturated heterocycles. The molecule has 22 heavy (non-hydrogen) atoms. The lowest BCUT2D eigenvalue weighted by Gasteiger charge is -2.17. The normalized spacial score (nSPS) is 13.9. The molecule has 2 atom stereocenters. The largest absolute Gasteiger partial charge is 0.459 e. The van der Waals surface area contributed by atoms with Crippen LogP contribution >= 0.6 is 0 Å². The zero-order valence-electron chi connectivity index (χ0n) is 12.9. The number of carbonyl (C=O) groups excluding carboxylic acids is 1. The van der Waals surface area contributed by atoms with Gasteiger partial charge in [-0.1, -0.05) is 6.92 Å². The lowest BCUT2D eigenvalue weighted by Crippen LogP contribution is -2.44. The zero-order chi connectivity index (χ0) is 16.3. The molecular formula is C16H21FN2O3. The minimum atomic E-state index is -0.376. The van der Waals surface area contributed by atoms with Crippen LogP contribution in [0.4, 0.5) is 9.18 Å². The summed E-state index contributed by atoms with van der Waals surface area (Å²) < 4.78 is 19.0. The van der Waals surface area contributed by atoms with Crippen molar-refractivity contribution in [3.05, 3.63) is 35.3 Å². The predicted octanol–water partition coefficient (Wildman–Crippen LogP) is 3.01. The number of carbonyl (C=O) groups is 1. The Morgan fingerprint density at radius 2 is 2.14 bits per heavy atom. The number of nitrogens with one attached hydrogen (secondary N) is 2. The van der Waals surface area contributed by atoms with Crippen LogP contribution in [0.3, 0.4) is 0 Å². The van der Waals surface area contributed by atoms with Crippen molar-refractivity contribution in [1.29, 1.82) is 0 Å². The van der Waals surface area contributed by atoms with Crippen molar-refractivity contribution >= 4 is 17.0 Å². The second kappa shape index (κ2) is 6.79. The molecule has 3 N–H and O–H groups in total. The van der Waals surface area contributed by atoms with Crippen LogP contribution in [0.2, 0.25) is 0 Å². The summed E-state index contributed by atoms with van der Waals surface area (Å²) in [5.74, 6) is 0.267. The van der Waals surface area contributed by atoms with Crippen LogP contribution in [0.5, 0.6) is 0 Å². The van der Waals surface area contributed by atoms with Crippen molar-refractivity contribution in [3.8, 4) is 0 Å². The summed E-state index contributed by atoms with van der Waals surface area (Å²) in [6.45, 7) is 5.39. The van der Waals surface area contributed by atoms with Crippen molar-refractivity contribution in [2.24, 2.45) is 0 Å². The minimum absolute atomic E-state index is 0.110. The van der Waals surface area contributed by atoms with Crippen molar-refractivity contribution in [3.63, 3.8) is 0 Å². The average Bonchev–Trinajstić information content (AvgIpc) is 2.81. The highest BCUT2D eigenvalue weighted by molar-refractivity contribution is 5.82. The minimum Gasteiger partial charge on any atom is -0.459 e. The number of furan rings is 1. The number of hydrogen-bond acceptors (Lipinski definition) is 3. The lowest BCUT2D eigenvalue weighted by atomic mass is 10.1. The summed E-state index contributed by atoms with van der Waals surface area (Å²) in [5.41, 5.74) is 1.39. The number of aliphatic hydroxyl groups excluding tert-OH is 1. The molecule has 0 spiro atoms. The van der Waals surface area contributed by atoms with Crippen molar-refractivity contribution in [2.75, 3.05) is 6.61 Å². The van der Waals surface area contributed by atoms with E-state index in [9.17, 15) is 9.18 Å². The molecule has 0 saturated carbocycles. The van der Waals surface area contributed by atoms with Gasteiger partial charge in [0.15, 0.2) is 0 Å². The van der Waals surface area contributed by atoms with E-state index in [1.807, 2.05) is 13.8 Å². The van der Waals surface area contributed by atoms with Gasteiger partial charge in [0.05, 0.1) is 18.7 Å². The van der Waals surface area contributed by atoms with E-state index in [2.05, 4.69) is 10.6 Å². The Hall–Kier alpha value is -2.08. The van der Waals surface area contributed by atoms with Gasteiger partial charge in [0.2, 0.25) is 0 Å². The van der Waals surface area contributed by atoms with E-state index >= 15 is 0 Å². The third kappa shape index (κ3) is 3.39. The Morgan fingerprint density at radius 1 is 1.41 bits per heavy atom. The number of fused-ring (bicyclic) bond motifs is 1. The third-order valence-electron chi connectivity index (χ3n) is 3.72. The fraction of sp³-hybridized carbons (Fsp3) is 0.438. The SMILES string of the molecule is CCC(CO)NC(=O)NC(C)c1oc2ccc(F)cc2c1C. The first-order valence-corrected chi connectivity index (χ1v) is 7.32. The first kappa shape index (κ1) is 16.3. The summed E-state index contributed by atoms with van der Waals surface area (Å²) in [4.78, 5) is 11.9. The second-order valence-corrected chi connectivity index (χ2v) is 5.36. The number of halogens is 1. The molecule has 0 fully saturated rings. The maximum atomic E-state index is 13.3. The van der Waals surface area contributed by atoms with Crippen molar-refractivity contribution in [1.82, 2.24) is 10.6 Å². The summed E-state index contributed by atoms with van der Waals surface area (Å²) in [6, 6.07) is 3.31. The number of amides is 2. The highest BCUT2D eigenvalue weighted by Gasteiger charge is 2.19. The summed E-state index contributed by atoms with van der Waals surface area (Å²) in [6.07, 6.45) is 0.640. The van der Waals surface area contributed by atoms with Crippen LogP contribution in [0.25, 0.3) is 11.0 Å². The Kier molecular flexibility index (Phi) is 5.03. The summed E-state index contributed by atoms with van der Waals surface area (Å²) in [5, 5.41) is 15.2. The Balaban J connectivity index is 2.14. The van der Waals surface area contributed by atoms with E-state index in [1.54, 1.807) is 13.0 Å². The number of hydrogen-bond donors (Lipinski definition) is 3. The quantitative estimate of drug-likeness (QED) is 0.795. The highest BCUT2D eigenvalue weighted by Crippen LogP contribution is 2.29. The van der Waals surface area contributed by atoms with Crippen LogP contribution in [0, 0.1) is 12.7 Å². The molecule has 1 heterocycles. The smallest absolute Gasteiger partial charge is 0.315 e. The van der Waals surface area contributed by atoms with Gasteiger partial charge < -0.3 is 20.2 Å². The number of aryl methyl sites for hydroxylation is 1. The summed E-state index contributed by atoms with van der Waals surface area (Å²) in [7, 11) is 0. The molecule has 0 radical (unpaired) electrons. The van der Waals surface area contributed by atoms with Gasteiger partial charge in [0.1, 0.15) is 17.2 Å². The molecule has 1 aromatic heterocycles. The van der Waals surface area contributed by atoms with Gasteiger partial charge in [0.25, 0.3) is 0 Å². The van der Waals surface area contributed by atoms with E-state index in [1.165, 1.54) is 12.1 Å². The number of benzene rings is 1.